The summed E-state index contributed by atoms with van der Waals surface area (Å²) in [6.45, 7) is 2.79. The molecule has 5 nitrogen and oxygen atoms in total. The molecule has 0 bridgehead atoms. The second kappa shape index (κ2) is 5.37. The smallest absolute Gasteiger partial charge is 0.358 e. The van der Waals surface area contributed by atoms with Crippen LogP contribution in [0.1, 0.15) is 33.0 Å². The van der Waals surface area contributed by atoms with Crippen molar-refractivity contribution in [2.45, 2.75) is 26.1 Å². The van der Waals surface area contributed by atoms with Gasteiger partial charge >= 0.3 is 6.18 Å². The highest BCUT2D eigenvalue weighted by Gasteiger charge is 2.35. The van der Waals surface area contributed by atoms with Crippen molar-refractivity contribution in [3.8, 4) is 0 Å². The minimum absolute atomic E-state index is 0.215. The minimum Gasteiger partial charge on any atom is -0.358 e. The molecule has 1 aromatic carbocycles. The first-order valence-electron chi connectivity index (χ1n) is 7.85. The SMILES string of the molecule is Cc1cccc2[nH]c3c(c12)CN(C(=O)c1cc(C(F)(F)F)[nH]n1)CC3. The van der Waals surface area contributed by atoms with Crippen LogP contribution >= 0.6 is 0 Å². The molecule has 0 spiro atoms. The number of alkyl halides is 3. The van der Waals surface area contributed by atoms with E-state index >= 15 is 0 Å². The molecule has 0 saturated heterocycles. The van der Waals surface area contributed by atoms with Crippen LogP contribution in [-0.4, -0.2) is 32.5 Å². The lowest BCUT2D eigenvalue weighted by molar-refractivity contribution is -0.141. The molecule has 0 atom stereocenters. The molecule has 0 saturated carbocycles. The number of carbonyl (C=O) groups excluding carboxylic acids is 1. The van der Waals surface area contributed by atoms with E-state index in [0.29, 0.717) is 19.5 Å². The highest BCUT2D eigenvalue weighted by molar-refractivity contribution is 5.94. The number of rotatable bonds is 1. The van der Waals surface area contributed by atoms with Crippen LogP contribution in [0, 0.1) is 6.92 Å². The van der Waals surface area contributed by atoms with Gasteiger partial charge in [0.05, 0.1) is 0 Å². The maximum Gasteiger partial charge on any atom is 0.432 e. The number of carbonyl (C=O) groups is 1. The maximum atomic E-state index is 12.7. The number of aryl methyl sites for hydroxylation is 1. The van der Waals surface area contributed by atoms with Crippen LogP contribution in [0.25, 0.3) is 10.9 Å². The minimum atomic E-state index is -4.55. The van der Waals surface area contributed by atoms with Crippen molar-refractivity contribution in [1.82, 2.24) is 20.1 Å². The summed E-state index contributed by atoms with van der Waals surface area (Å²) in [5.74, 6) is -0.500. The molecule has 0 radical (unpaired) electrons. The van der Waals surface area contributed by atoms with Crippen molar-refractivity contribution in [3.63, 3.8) is 0 Å². The third kappa shape index (κ3) is 2.57. The van der Waals surface area contributed by atoms with E-state index in [0.717, 1.165) is 33.8 Å². The summed E-state index contributed by atoms with van der Waals surface area (Å²) in [6.07, 6.45) is -3.92. The quantitative estimate of drug-likeness (QED) is 0.708. The Labute approximate surface area is 140 Å². The summed E-state index contributed by atoms with van der Waals surface area (Å²) in [5.41, 5.74) is 2.98. The Kier molecular flexibility index (Phi) is 3.38. The van der Waals surface area contributed by atoms with Crippen LogP contribution in [0.2, 0.25) is 0 Å². The predicted octanol–water partition coefficient (Wildman–Crippen LogP) is 3.42. The van der Waals surface area contributed by atoms with Gasteiger partial charge in [-0.25, -0.2) is 0 Å². The molecule has 0 unspecified atom stereocenters. The van der Waals surface area contributed by atoms with Gasteiger partial charge in [0.25, 0.3) is 5.91 Å². The molecule has 1 aliphatic heterocycles. The van der Waals surface area contributed by atoms with Gasteiger partial charge in [0.1, 0.15) is 5.69 Å². The molecule has 0 fully saturated rings. The number of hydrogen-bond donors (Lipinski definition) is 2. The summed E-state index contributed by atoms with van der Waals surface area (Å²) < 4.78 is 38.0. The van der Waals surface area contributed by atoms with Crippen molar-refractivity contribution in [2.24, 2.45) is 0 Å². The summed E-state index contributed by atoms with van der Waals surface area (Å²) in [6, 6.07) is 6.71. The summed E-state index contributed by atoms with van der Waals surface area (Å²) in [5, 5.41) is 6.50. The Morgan fingerprint density at radius 3 is 2.84 bits per heavy atom. The number of H-pyrrole nitrogens is 2. The number of hydrogen-bond acceptors (Lipinski definition) is 2. The first-order chi connectivity index (χ1) is 11.8. The standard InChI is InChI=1S/C17H15F3N4O/c1-9-3-2-4-12-15(9)10-8-24(6-5-11(10)21-12)16(25)13-7-14(23-22-13)17(18,19)20/h2-4,7,21H,5-6,8H2,1H3,(H,22,23). The van der Waals surface area contributed by atoms with E-state index in [-0.39, 0.29) is 5.69 Å². The Hall–Kier alpha value is -2.77. The molecule has 25 heavy (non-hydrogen) atoms. The molecule has 1 amide bonds. The normalized spacial score (nSPS) is 14.8. The molecular formula is C17H15F3N4O. The Morgan fingerprint density at radius 1 is 1.32 bits per heavy atom. The van der Waals surface area contributed by atoms with E-state index in [1.807, 2.05) is 30.2 Å². The summed E-state index contributed by atoms with van der Waals surface area (Å²) in [7, 11) is 0. The van der Waals surface area contributed by atoms with Crippen LogP contribution in [-0.2, 0) is 19.1 Å². The highest BCUT2D eigenvalue weighted by atomic mass is 19.4. The zero-order valence-electron chi connectivity index (χ0n) is 13.4. The monoisotopic (exact) mass is 348 g/mol. The third-order valence-corrected chi connectivity index (χ3v) is 4.59. The number of aromatic amines is 2. The maximum absolute atomic E-state index is 12.7. The van der Waals surface area contributed by atoms with Gasteiger partial charge < -0.3 is 9.88 Å². The number of nitrogens with zero attached hydrogens (tertiary/aromatic N) is 2. The van der Waals surface area contributed by atoms with E-state index in [1.165, 1.54) is 0 Å². The molecule has 3 heterocycles. The zero-order chi connectivity index (χ0) is 17.8. The van der Waals surface area contributed by atoms with Crippen molar-refractivity contribution in [1.29, 1.82) is 0 Å². The fourth-order valence-corrected chi connectivity index (χ4v) is 3.38. The Morgan fingerprint density at radius 2 is 2.12 bits per heavy atom. The van der Waals surface area contributed by atoms with Gasteiger partial charge in [0.15, 0.2) is 5.69 Å². The van der Waals surface area contributed by atoms with Crippen LogP contribution in [0.4, 0.5) is 13.2 Å². The topological polar surface area (TPSA) is 64.8 Å². The van der Waals surface area contributed by atoms with Crippen LogP contribution in [0.15, 0.2) is 24.3 Å². The van der Waals surface area contributed by atoms with Crippen LogP contribution < -0.4 is 0 Å². The van der Waals surface area contributed by atoms with E-state index < -0.39 is 17.8 Å². The molecule has 130 valence electrons. The van der Waals surface area contributed by atoms with Gasteiger partial charge in [-0.15, -0.1) is 0 Å². The number of halogens is 3. The molecule has 2 aromatic heterocycles. The van der Waals surface area contributed by atoms with E-state index in [9.17, 15) is 18.0 Å². The fraction of sp³-hybridized carbons (Fsp3) is 0.294. The van der Waals surface area contributed by atoms with Gasteiger partial charge in [-0.05, 0) is 18.6 Å². The van der Waals surface area contributed by atoms with Crippen molar-refractivity contribution < 1.29 is 18.0 Å². The van der Waals surface area contributed by atoms with Crippen molar-refractivity contribution in [2.75, 3.05) is 6.54 Å². The predicted molar refractivity (Wildman–Crippen MR) is 85.1 cm³/mol. The number of aromatic nitrogens is 3. The van der Waals surface area contributed by atoms with Gasteiger partial charge in [0.2, 0.25) is 0 Å². The molecular weight excluding hydrogens is 333 g/mol. The largest absolute Gasteiger partial charge is 0.432 e. The lowest BCUT2D eigenvalue weighted by Gasteiger charge is -2.26. The number of nitrogens with one attached hydrogen (secondary N) is 2. The number of fused-ring (bicyclic) bond motifs is 3. The summed E-state index contributed by atoms with van der Waals surface area (Å²) in [4.78, 5) is 17.5. The average Bonchev–Trinajstić information content (AvgIpc) is 3.18. The van der Waals surface area contributed by atoms with Crippen LogP contribution in [0.3, 0.4) is 0 Å². The second-order valence-corrected chi connectivity index (χ2v) is 6.22. The molecule has 0 aliphatic carbocycles. The Bertz CT molecular complexity index is 970. The van der Waals surface area contributed by atoms with Gasteiger partial charge in [-0.1, -0.05) is 12.1 Å². The van der Waals surface area contributed by atoms with E-state index in [1.54, 1.807) is 4.90 Å². The number of amides is 1. The molecule has 1 aliphatic rings. The van der Waals surface area contributed by atoms with Crippen molar-refractivity contribution >= 4 is 16.8 Å². The highest BCUT2D eigenvalue weighted by Crippen LogP contribution is 2.31. The lowest BCUT2D eigenvalue weighted by atomic mass is 10.0. The van der Waals surface area contributed by atoms with E-state index in [4.69, 9.17) is 0 Å². The van der Waals surface area contributed by atoms with E-state index in [2.05, 4.69) is 10.1 Å². The van der Waals surface area contributed by atoms with Gasteiger partial charge in [0, 0.05) is 47.7 Å². The second-order valence-electron chi connectivity index (χ2n) is 6.22. The zero-order valence-corrected chi connectivity index (χ0v) is 13.4. The fourth-order valence-electron chi connectivity index (χ4n) is 3.38. The summed E-state index contributed by atoms with van der Waals surface area (Å²) >= 11 is 0. The molecule has 8 heteroatoms. The lowest BCUT2D eigenvalue weighted by Crippen LogP contribution is -2.36. The molecule has 2 N–H and O–H groups in total. The molecule has 4 rings (SSSR count). The number of benzene rings is 1. The third-order valence-electron chi connectivity index (χ3n) is 4.59. The van der Waals surface area contributed by atoms with Crippen molar-refractivity contribution in [3.05, 3.63) is 52.5 Å². The first kappa shape index (κ1) is 15.7. The van der Waals surface area contributed by atoms with Gasteiger partial charge in [-0.2, -0.15) is 18.3 Å². The first-order valence-corrected chi connectivity index (χ1v) is 7.85. The van der Waals surface area contributed by atoms with Gasteiger partial charge in [-0.3, -0.25) is 9.89 Å². The molecule has 3 aromatic rings. The Balaban J connectivity index is 1.65. The van der Waals surface area contributed by atoms with Crippen LogP contribution in [0.5, 0.6) is 0 Å². The average molecular weight is 348 g/mol.